The van der Waals surface area contributed by atoms with E-state index in [1.54, 1.807) is 0 Å². The fourth-order valence-electron chi connectivity index (χ4n) is 3.09. The Balaban J connectivity index is 2.32. The Morgan fingerprint density at radius 1 is 1.24 bits per heavy atom. The summed E-state index contributed by atoms with van der Waals surface area (Å²) >= 11 is 0. The SMILES string of the molecule is CCc1cccc(C=O)c1C1CCC(C)CC1. The van der Waals surface area contributed by atoms with Gasteiger partial charge in [0, 0.05) is 5.56 Å². The van der Waals surface area contributed by atoms with Crippen LogP contribution in [0.15, 0.2) is 18.2 Å². The van der Waals surface area contributed by atoms with Crippen LogP contribution in [0.25, 0.3) is 0 Å². The highest BCUT2D eigenvalue weighted by molar-refractivity contribution is 5.78. The Bertz CT molecular complexity index is 387. The first-order valence-corrected chi connectivity index (χ1v) is 6.83. The lowest BCUT2D eigenvalue weighted by Gasteiger charge is -2.28. The van der Waals surface area contributed by atoms with E-state index in [4.69, 9.17) is 0 Å². The average Bonchev–Trinajstić information content (AvgIpc) is 2.38. The van der Waals surface area contributed by atoms with Crippen LogP contribution in [0.4, 0.5) is 0 Å². The third-order valence-corrected chi connectivity index (χ3v) is 4.16. The van der Waals surface area contributed by atoms with Gasteiger partial charge in [-0.15, -0.1) is 0 Å². The Hall–Kier alpha value is -1.11. The second kappa shape index (κ2) is 5.48. The van der Waals surface area contributed by atoms with Gasteiger partial charge in [-0.25, -0.2) is 0 Å². The first kappa shape index (κ1) is 12.3. The number of carbonyl (C=O) groups excluding carboxylic acids is 1. The molecule has 1 saturated carbocycles. The lowest BCUT2D eigenvalue weighted by atomic mass is 9.76. The van der Waals surface area contributed by atoms with Crippen molar-refractivity contribution < 1.29 is 4.79 Å². The van der Waals surface area contributed by atoms with Crippen molar-refractivity contribution in [2.24, 2.45) is 5.92 Å². The normalized spacial score (nSPS) is 24.6. The lowest BCUT2D eigenvalue weighted by molar-refractivity contribution is 0.112. The van der Waals surface area contributed by atoms with Crippen LogP contribution in [0, 0.1) is 5.92 Å². The Labute approximate surface area is 104 Å². The van der Waals surface area contributed by atoms with E-state index in [1.807, 2.05) is 12.1 Å². The van der Waals surface area contributed by atoms with Gasteiger partial charge in [0.1, 0.15) is 6.29 Å². The summed E-state index contributed by atoms with van der Waals surface area (Å²) in [5.74, 6) is 1.47. The van der Waals surface area contributed by atoms with Crippen molar-refractivity contribution in [2.45, 2.75) is 51.9 Å². The zero-order valence-corrected chi connectivity index (χ0v) is 10.9. The summed E-state index contributed by atoms with van der Waals surface area (Å²) in [6.07, 6.45) is 7.18. The van der Waals surface area contributed by atoms with Gasteiger partial charge in [0.05, 0.1) is 0 Å². The lowest BCUT2D eigenvalue weighted by Crippen LogP contribution is -2.14. The molecule has 0 bridgehead atoms. The summed E-state index contributed by atoms with van der Waals surface area (Å²) in [5.41, 5.74) is 3.63. The third-order valence-electron chi connectivity index (χ3n) is 4.16. The van der Waals surface area contributed by atoms with Crippen molar-refractivity contribution in [3.05, 3.63) is 34.9 Å². The van der Waals surface area contributed by atoms with Crippen molar-refractivity contribution >= 4 is 6.29 Å². The minimum Gasteiger partial charge on any atom is -0.298 e. The van der Waals surface area contributed by atoms with Crippen LogP contribution in [0.5, 0.6) is 0 Å². The number of hydrogen-bond acceptors (Lipinski definition) is 1. The fraction of sp³-hybridized carbons (Fsp3) is 0.562. The van der Waals surface area contributed by atoms with Gasteiger partial charge in [-0.3, -0.25) is 4.79 Å². The van der Waals surface area contributed by atoms with Crippen LogP contribution in [0.1, 0.15) is 66.9 Å². The minimum absolute atomic E-state index is 0.613. The van der Waals surface area contributed by atoms with Gasteiger partial charge in [0.15, 0.2) is 0 Å². The van der Waals surface area contributed by atoms with Crippen molar-refractivity contribution in [3.63, 3.8) is 0 Å². The van der Waals surface area contributed by atoms with Crippen LogP contribution in [-0.4, -0.2) is 6.29 Å². The number of rotatable bonds is 3. The van der Waals surface area contributed by atoms with Gasteiger partial charge in [-0.1, -0.05) is 44.9 Å². The number of carbonyl (C=O) groups is 1. The van der Waals surface area contributed by atoms with Crippen molar-refractivity contribution in [1.82, 2.24) is 0 Å². The van der Waals surface area contributed by atoms with E-state index in [-0.39, 0.29) is 0 Å². The Kier molecular flexibility index (Phi) is 3.98. The maximum Gasteiger partial charge on any atom is 0.150 e. The topological polar surface area (TPSA) is 17.1 Å². The molecule has 0 aliphatic heterocycles. The summed E-state index contributed by atoms with van der Waals surface area (Å²) in [4.78, 5) is 11.2. The smallest absolute Gasteiger partial charge is 0.150 e. The van der Waals surface area contributed by atoms with Crippen LogP contribution < -0.4 is 0 Å². The summed E-state index contributed by atoms with van der Waals surface area (Å²) in [6, 6.07) is 6.16. The van der Waals surface area contributed by atoms with Gasteiger partial charge in [-0.2, -0.15) is 0 Å². The van der Waals surface area contributed by atoms with E-state index in [0.29, 0.717) is 5.92 Å². The third kappa shape index (κ3) is 2.59. The molecular formula is C16H22O. The van der Waals surface area contributed by atoms with Gasteiger partial charge >= 0.3 is 0 Å². The molecule has 2 rings (SSSR count). The molecule has 0 amide bonds. The number of benzene rings is 1. The standard InChI is InChI=1S/C16H22O/c1-3-13-5-4-6-15(11-17)16(13)14-9-7-12(2)8-10-14/h4-6,11-12,14H,3,7-10H2,1-2H3. The molecule has 1 aromatic carbocycles. The number of aldehydes is 1. The zero-order chi connectivity index (χ0) is 12.3. The van der Waals surface area contributed by atoms with E-state index in [9.17, 15) is 4.79 Å². The zero-order valence-electron chi connectivity index (χ0n) is 10.9. The molecule has 0 spiro atoms. The highest BCUT2D eigenvalue weighted by Gasteiger charge is 2.23. The van der Waals surface area contributed by atoms with Crippen molar-refractivity contribution in [3.8, 4) is 0 Å². The van der Waals surface area contributed by atoms with E-state index < -0.39 is 0 Å². The molecule has 17 heavy (non-hydrogen) atoms. The Morgan fingerprint density at radius 2 is 1.94 bits per heavy atom. The molecule has 1 aliphatic carbocycles. The van der Waals surface area contributed by atoms with Gasteiger partial charge < -0.3 is 0 Å². The maximum absolute atomic E-state index is 11.2. The molecule has 1 aromatic rings. The molecule has 0 saturated heterocycles. The van der Waals surface area contributed by atoms with Crippen molar-refractivity contribution in [1.29, 1.82) is 0 Å². The summed E-state index contributed by atoms with van der Waals surface area (Å²) < 4.78 is 0. The first-order valence-electron chi connectivity index (χ1n) is 6.83. The van der Waals surface area contributed by atoms with Crippen molar-refractivity contribution in [2.75, 3.05) is 0 Å². The Morgan fingerprint density at radius 3 is 2.53 bits per heavy atom. The number of aryl methyl sites for hydroxylation is 1. The maximum atomic E-state index is 11.2. The molecule has 1 aliphatic rings. The van der Waals surface area contributed by atoms with Crippen LogP contribution in [0.2, 0.25) is 0 Å². The second-order valence-corrected chi connectivity index (χ2v) is 5.35. The summed E-state index contributed by atoms with van der Waals surface area (Å²) in [7, 11) is 0. The van der Waals surface area contributed by atoms with Crippen LogP contribution >= 0.6 is 0 Å². The van der Waals surface area contributed by atoms with E-state index in [0.717, 1.165) is 24.2 Å². The summed E-state index contributed by atoms with van der Waals surface area (Å²) in [6.45, 7) is 4.52. The van der Waals surface area contributed by atoms with Crippen LogP contribution in [-0.2, 0) is 6.42 Å². The molecule has 1 nitrogen and oxygen atoms in total. The monoisotopic (exact) mass is 230 g/mol. The molecule has 1 fully saturated rings. The van der Waals surface area contributed by atoms with Gasteiger partial charge in [0.25, 0.3) is 0 Å². The number of hydrogen-bond donors (Lipinski definition) is 0. The molecule has 0 N–H and O–H groups in total. The largest absolute Gasteiger partial charge is 0.298 e. The second-order valence-electron chi connectivity index (χ2n) is 5.35. The van der Waals surface area contributed by atoms with Gasteiger partial charge in [0.2, 0.25) is 0 Å². The van der Waals surface area contributed by atoms with Crippen LogP contribution in [0.3, 0.4) is 0 Å². The highest BCUT2D eigenvalue weighted by Crippen LogP contribution is 2.38. The molecule has 0 unspecified atom stereocenters. The highest BCUT2D eigenvalue weighted by atomic mass is 16.1. The molecule has 0 radical (unpaired) electrons. The van der Waals surface area contributed by atoms with Gasteiger partial charge in [-0.05, 0) is 42.2 Å². The molecule has 0 atom stereocenters. The van der Waals surface area contributed by atoms with E-state index in [2.05, 4.69) is 19.9 Å². The average molecular weight is 230 g/mol. The fourth-order valence-corrected chi connectivity index (χ4v) is 3.09. The first-order chi connectivity index (χ1) is 8.26. The quantitative estimate of drug-likeness (QED) is 0.705. The summed E-state index contributed by atoms with van der Waals surface area (Å²) in [5, 5.41) is 0. The molecule has 92 valence electrons. The molecule has 0 aromatic heterocycles. The van der Waals surface area contributed by atoms with E-state index >= 15 is 0 Å². The predicted molar refractivity (Wildman–Crippen MR) is 71.6 cm³/mol. The predicted octanol–water partition coefficient (Wildman–Crippen LogP) is 4.36. The molecule has 0 heterocycles. The van der Waals surface area contributed by atoms with E-state index in [1.165, 1.54) is 36.8 Å². The molecule has 1 heteroatoms. The minimum atomic E-state index is 0.613. The molecular weight excluding hydrogens is 208 g/mol.